The van der Waals surface area contributed by atoms with E-state index < -0.39 is 17.1 Å². The van der Waals surface area contributed by atoms with Gasteiger partial charge in [-0.15, -0.1) is 0 Å². The lowest BCUT2D eigenvalue weighted by atomic mass is 9.74. The van der Waals surface area contributed by atoms with Crippen LogP contribution in [0.15, 0.2) is 24.4 Å². The van der Waals surface area contributed by atoms with E-state index in [2.05, 4.69) is 10.3 Å². The van der Waals surface area contributed by atoms with Crippen molar-refractivity contribution >= 4 is 17.4 Å². The van der Waals surface area contributed by atoms with Crippen LogP contribution in [0.3, 0.4) is 0 Å². The van der Waals surface area contributed by atoms with Crippen LogP contribution in [0.5, 0.6) is 5.75 Å². The fourth-order valence-electron chi connectivity index (χ4n) is 3.03. The first-order valence-electron chi connectivity index (χ1n) is 8.32. The quantitative estimate of drug-likeness (QED) is 0.882. The Balaban J connectivity index is 1.86. The first-order chi connectivity index (χ1) is 11.8. The van der Waals surface area contributed by atoms with Gasteiger partial charge in [0.25, 0.3) is 5.91 Å². The van der Waals surface area contributed by atoms with E-state index in [1.165, 1.54) is 18.3 Å². The summed E-state index contributed by atoms with van der Waals surface area (Å²) in [5.41, 5.74) is 0.975. The Morgan fingerprint density at radius 1 is 1.40 bits per heavy atom. The number of hydrogen-bond donors (Lipinski definition) is 2. The molecule has 2 N–H and O–H groups in total. The van der Waals surface area contributed by atoms with E-state index in [1.54, 1.807) is 13.0 Å². The third-order valence-corrected chi connectivity index (χ3v) is 4.55. The van der Waals surface area contributed by atoms with Gasteiger partial charge < -0.3 is 15.0 Å². The van der Waals surface area contributed by atoms with Crippen LogP contribution in [0.4, 0.5) is 10.1 Å². The van der Waals surface area contributed by atoms with Gasteiger partial charge in [-0.2, -0.15) is 0 Å². The molecule has 3 rings (SSSR count). The van der Waals surface area contributed by atoms with E-state index in [4.69, 9.17) is 4.74 Å². The highest BCUT2D eigenvalue weighted by Gasteiger charge is 2.38. The molecule has 5 nitrogen and oxygen atoms in total. The molecular weight excluding hydrogens is 323 g/mol. The van der Waals surface area contributed by atoms with Crippen LogP contribution in [0.2, 0.25) is 0 Å². The van der Waals surface area contributed by atoms with E-state index in [-0.39, 0.29) is 17.0 Å². The Morgan fingerprint density at radius 2 is 2.16 bits per heavy atom. The fraction of sp³-hybridized carbons (Fsp3) is 0.368. The monoisotopic (exact) mass is 344 g/mol. The van der Waals surface area contributed by atoms with Crippen molar-refractivity contribution in [2.45, 2.75) is 33.6 Å². The first-order valence-corrected chi connectivity index (χ1v) is 8.32. The molecule has 0 atom stereocenters. The van der Waals surface area contributed by atoms with Crippen molar-refractivity contribution in [3.8, 4) is 5.75 Å². The number of amides is 1. The number of ketones is 1. The molecule has 0 bridgehead atoms. The van der Waals surface area contributed by atoms with E-state index >= 15 is 0 Å². The molecule has 0 fully saturated rings. The van der Waals surface area contributed by atoms with Gasteiger partial charge in [-0.05, 0) is 31.9 Å². The number of benzene rings is 1. The number of carbonyl (C=O) groups is 2. The summed E-state index contributed by atoms with van der Waals surface area (Å²) in [6.45, 7) is 5.98. The molecule has 25 heavy (non-hydrogen) atoms. The Bertz CT molecular complexity index is 839. The third kappa shape index (κ3) is 3.16. The minimum Gasteiger partial charge on any atom is -0.494 e. The van der Waals surface area contributed by atoms with Crippen molar-refractivity contribution in [1.82, 2.24) is 4.98 Å². The number of nitrogens with one attached hydrogen (secondary N) is 2. The van der Waals surface area contributed by atoms with Gasteiger partial charge in [0, 0.05) is 23.4 Å². The van der Waals surface area contributed by atoms with Crippen molar-refractivity contribution in [2.75, 3.05) is 11.9 Å². The minimum absolute atomic E-state index is 0.0471. The van der Waals surface area contributed by atoms with Gasteiger partial charge in [-0.1, -0.05) is 13.8 Å². The number of Topliss-reactive ketones (excluding diaryl/α,β-unsaturated/α-hetero) is 1. The molecule has 1 aromatic heterocycles. The molecule has 1 aliphatic rings. The number of aryl methyl sites for hydroxylation is 1. The number of H-pyrrole nitrogens is 1. The van der Waals surface area contributed by atoms with Crippen molar-refractivity contribution in [3.63, 3.8) is 0 Å². The number of rotatable bonds is 4. The molecular formula is C19H21FN2O3. The molecule has 1 heterocycles. The SMILES string of the molecule is CCOc1ccc(NC(=O)c2c[nH]c3c2C(=O)C(C)(C)CC3)c(F)c1. The molecule has 1 aliphatic carbocycles. The highest BCUT2D eigenvalue weighted by molar-refractivity contribution is 6.15. The van der Waals surface area contributed by atoms with Gasteiger partial charge in [-0.25, -0.2) is 4.39 Å². The number of halogens is 1. The van der Waals surface area contributed by atoms with Crippen molar-refractivity contribution in [3.05, 3.63) is 47.0 Å². The lowest BCUT2D eigenvalue weighted by molar-refractivity contribution is 0.0805. The summed E-state index contributed by atoms with van der Waals surface area (Å²) in [7, 11) is 0. The van der Waals surface area contributed by atoms with Crippen LogP contribution in [-0.4, -0.2) is 23.3 Å². The van der Waals surface area contributed by atoms with Crippen molar-refractivity contribution < 1.29 is 18.7 Å². The van der Waals surface area contributed by atoms with Gasteiger partial charge >= 0.3 is 0 Å². The number of carbonyl (C=O) groups excluding carboxylic acids is 2. The molecule has 1 aromatic carbocycles. The third-order valence-electron chi connectivity index (χ3n) is 4.55. The molecule has 6 heteroatoms. The van der Waals surface area contributed by atoms with Crippen LogP contribution in [0.1, 0.15) is 53.6 Å². The average molecular weight is 344 g/mol. The maximum absolute atomic E-state index is 14.1. The first kappa shape index (κ1) is 17.2. The van der Waals surface area contributed by atoms with Gasteiger partial charge in [-0.3, -0.25) is 9.59 Å². The summed E-state index contributed by atoms with van der Waals surface area (Å²) in [4.78, 5) is 28.3. The molecule has 2 aromatic rings. The zero-order valence-electron chi connectivity index (χ0n) is 14.5. The molecule has 0 spiro atoms. The number of anilines is 1. The zero-order chi connectivity index (χ0) is 18.2. The standard InChI is InChI=1S/C19H21FN2O3/c1-4-25-11-5-6-14(13(20)9-11)22-18(24)12-10-21-15-7-8-19(2,3)17(23)16(12)15/h5-6,9-10,21H,4,7-8H2,1-3H3,(H,22,24). The normalized spacial score (nSPS) is 15.6. The Labute approximate surface area is 145 Å². The largest absolute Gasteiger partial charge is 0.494 e. The number of hydrogen-bond acceptors (Lipinski definition) is 3. The lowest BCUT2D eigenvalue weighted by Gasteiger charge is -2.28. The summed E-state index contributed by atoms with van der Waals surface area (Å²) in [5.74, 6) is -0.761. The van der Waals surface area contributed by atoms with E-state index in [0.717, 1.165) is 12.1 Å². The van der Waals surface area contributed by atoms with Crippen molar-refractivity contribution in [1.29, 1.82) is 0 Å². The molecule has 1 amide bonds. The fourth-order valence-corrected chi connectivity index (χ4v) is 3.03. The summed E-state index contributed by atoms with van der Waals surface area (Å²) in [6, 6.07) is 4.26. The van der Waals surface area contributed by atoms with Crippen LogP contribution in [-0.2, 0) is 6.42 Å². The highest BCUT2D eigenvalue weighted by atomic mass is 19.1. The summed E-state index contributed by atoms with van der Waals surface area (Å²) in [6.07, 6.45) is 2.96. The molecule has 132 valence electrons. The van der Waals surface area contributed by atoms with Crippen LogP contribution >= 0.6 is 0 Å². The average Bonchev–Trinajstić information content (AvgIpc) is 2.99. The number of aromatic nitrogens is 1. The van der Waals surface area contributed by atoms with Gasteiger partial charge in [0.1, 0.15) is 11.6 Å². The Kier molecular flexibility index (Phi) is 4.37. The summed E-state index contributed by atoms with van der Waals surface area (Å²) in [5, 5.41) is 2.54. The van der Waals surface area contributed by atoms with Crippen molar-refractivity contribution in [2.24, 2.45) is 5.41 Å². The van der Waals surface area contributed by atoms with Crippen LogP contribution in [0, 0.1) is 11.2 Å². The van der Waals surface area contributed by atoms with Crippen LogP contribution in [0.25, 0.3) is 0 Å². The second kappa shape index (κ2) is 6.35. The van der Waals surface area contributed by atoms with Gasteiger partial charge in [0.2, 0.25) is 0 Å². The predicted molar refractivity (Wildman–Crippen MR) is 92.7 cm³/mol. The topological polar surface area (TPSA) is 71.2 Å². The molecule has 0 radical (unpaired) electrons. The number of ether oxygens (including phenoxy) is 1. The Hall–Kier alpha value is -2.63. The lowest BCUT2D eigenvalue weighted by Crippen LogP contribution is -2.31. The van der Waals surface area contributed by atoms with E-state index in [9.17, 15) is 14.0 Å². The zero-order valence-corrected chi connectivity index (χ0v) is 14.5. The molecule has 0 unspecified atom stereocenters. The smallest absolute Gasteiger partial charge is 0.258 e. The molecule has 0 saturated heterocycles. The maximum atomic E-state index is 14.1. The molecule has 0 aliphatic heterocycles. The summed E-state index contributed by atoms with van der Waals surface area (Å²) < 4.78 is 19.4. The van der Waals surface area contributed by atoms with Gasteiger partial charge in [0.05, 0.1) is 23.4 Å². The summed E-state index contributed by atoms with van der Waals surface area (Å²) >= 11 is 0. The predicted octanol–water partition coefficient (Wildman–Crippen LogP) is 3.96. The Morgan fingerprint density at radius 3 is 2.84 bits per heavy atom. The van der Waals surface area contributed by atoms with E-state index in [1.807, 2.05) is 13.8 Å². The number of fused-ring (bicyclic) bond motifs is 1. The second-order valence-corrected chi connectivity index (χ2v) is 6.80. The van der Waals surface area contributed by atoms with Crippen LogP contribution < -0.4 is 10.1 Å². The maximum Gasteiger partial charge on any atom is 0.258 e. The second-order valence-electron chi connectivity index (χ2n) is 6.80. The molecule has 0 saturated carbocycles. The van der Waals surface area contributed by atoms with Gasteiger partial charge in [0.15, 0.2) is 5.78 Å². The minimum atomic E-state index is -0.588. The highest BCUT2D eigenvalue weighted by Crippen LogP contribution is 2.36. The number of aromatic amines is 1. The van der Waals surface area contributed by atoms with E-state index in [0.29, 0.717) is 24.3 Å².